The fourth-order valence-corrected chi connectivity index (χ4v) is 5.76. The zero-order chi connectivity index (χ0) is 19.3. The quantitative estimate of drug-likeness (QED) is 0.845. The van der Waals surface area contributed by atoms with Gasteiger partial charge in [-0.1, -0.05) is 0 Å². The van der Waals surface area contributed by atoms with Crippen molar-refractivity contribution in [1.29, 1.82) is 0 Å². The van der Waals surface area contributed by atoms with Crippen LogP contribution in [0.3, 0.4) is 0 Å². The number of amides is 1. The number of hydrogen-bond acceptors (Lipinski definition) is 6. The molecule has 7 heteroatoms. The van der Waals surface area contributed by atoms with E-state index in [0.717, 1.165) is 61.7 Å². The van der Waals surface area contributed by atoms with Gasteiger partial charge in [-0.15, -0.1) is 0 Å². The van der Waals surface area contributed by atoms with E-state index in [1.807, 2.05) is 17.0 Å². The Bertz CT molecular complexity index is 755. The van der Waals surface area contributed by atoms with Gasteiger partial charge in [0, 0.05) is 43.7 Å². The highest BCUT2D eigenvalue weighted by atomic mass is 16.7. The Balaban J connectivity index is 1.38. The minimum Gasteiger partial charge on any atom is -0.496 e. The molecule has 5 rings (SSSR count). The standard InChI is InChI=1S/C21H28N2O5/c1-26-18-7-20-19(27-12-28-20)6-15(18)10-22-8-13-5-14(9-22)17(11-24)23-16(13)3-2-4-21(23)25/h6-7,13-14,16-17,24H,2-5,8-12H2,1H3/t13-,14+,16+,17+/m1/s1. The van der Waals surface area contributed by atoms with Gasteiger partial charge in [0.05, 0.1) is 19.8 Å². The Labute approximate surface area is 165 Å². The lowest BCUT2D eigenvalue weighted by Gasteiger charge is -2.56. The number of nitrogens with zero attached hydrogens (tertiary/aromatic N) is 2. The fraction of sp³-hybridized carbons (Fsp3) is 0.667. The van der Waals surface area contributed by atoms with E-state index in [2.05, 4.69) is 4.90 Å². The first-order valence-electron chi connectivity index (χ1n) is 10.3. The molecule has 3 fully saturated rings. The van der Waals surface area contributed by atoms with Gasteiger partial charge in [-0.25, -0.2) is 0 Å². The summed E-state index contributed by atoms with van der Waals surface area (Å²) in [5.74, 6) is 3.34. The smallest absolute Gasteiger partial charge is 0.231 e. The van der Waals surface area contributed by atoms with E-state index in [1.165, 1.54) is 0 Å². The first kappa shape index (κ1) is 18.1. The molecule has 0 spiro atoms. The van der Waals surface area contributed by atoms with E-state index in [-0.39, 0.29) is 31.4 Å². The molecule has 0 radical (unpaired) electrons. The molecule has 1 amide bonds. The summed E-state index contributed by atoms with van der Waals surface area (Å²) in [6.45, 7) is 2.93. The molecular weight excluding hydrogens is 360 g/mol. The molecular formula is C21H28N2O5. The SMILES string of the molecule is COc1cc2c(cc1CN1C[C@H]3C[C@@H](C1)[C@H](CO)N1C(=O)CCC[C@@H]31)OCO2. The van der Waals surface area contributed by atoms with Crippen molar-refractivity contribution >= 4 is 5.91 Å². The predicted molar refractivity (Wildman–Crippen MR) is 101 cm³/mol. The second-order valence-corrected chi connectivity index (χ2v) is 8.48. The maximum atomic E-state index is 12.6. The highest BCUT2D eigenvalue weighted by molar-refractivity contribution is 5.78. The van der Waals surface area contributed by atoms with Crippen LogP contribution in [0.25, 0.3) is 0 Å². The highest BCUT2D eigenvalue weighted by Crippen LogP contribution is 2.43. The first-order chi connectivity index (χ1) is 13.7. The number of methoxy groups -OCH3 is 1. The number of benzene rings is 1. The summed E-state index contributed by atoms with van der Waals surface area (Å²) < 4.78 is 16.6. The lowest BCUT2D eigenvalue weighted by Crippen LogP contribution is -2.65. The van der Waals surface area contributed by atoms with Crippen molar-refractivity contribution in [3.63, 3.8) is 0 Å². The lowest BCUT2D eigenvalue weighted by atomic mass is 9.72. The molecule has 0 unspecified atom stereocenters. The molecule has 4 heterocycles. The van der Waals surface area contributed by atoms with Crippen molar-refractivity contribution in [3.05, 3.63) is 17.7 Å². The Kier molecular flexibility index (Phi) is 4.59. The average Bonchev–Trinajstić information content (AvgIpc) is 3.15. The van der Waals surface area contributed by atoms with Crippen molar-refractivity contribution in [2.75, 3.05) is 33.6 Å². The topological polar surface area (TPSA) is 71.5 Å². The number of ether oxygens (including phenoxy) is 3. The second kappa shape index (κ2) is 7.12. The molecule has 2 bridgehead atoms. The van der Waals surface area contributed by atoms with E-state index in [1.54, 1.807) is 7.11 Å². The maximum Gasteiger partial charge on any atom is 0.231 e. The number of likely N-dealkylation sites (tertiary alicyclic amines) is 1. The molecule has 28 heavy (non-hydrogen) atoms. The van der Waals surface area contributed by atoms with Crippen molar-refractivity contribution in [1.82, 2.24) is 9.80 Å². The van der Waals surface area contributed by atoms with Crippen molar-refractivity contribution in [2.45, 2.75) is 44.3 Å². The summed E-state index contributed by atoms with van der Waals surface area (Å²) >= 11 is 0. The largest absolute Gasteiger partial charge is 0.496 e. The molecule has 0 aliphatic carbocycles. The second-order valence-electron chi connectivity index (χ2n) is 8.48. The predicted octanol–water partition coefficient (Wildman–Crippen LogP) is 1.62. The van der Waals surface area contributed by atoms with Crippen molar-refractivity contribution in [2.24, 2.45) is 11.8 Å². The summed E-state index contributed by atoms with van der Waals surface area (Å²) in [5.41, 5.74) is 1.09. The molecule has 1 aromatic rings. The summed E-state index contributed by atoms with van der Waals surface area (Å²) in [7, 11) is 1.68. The molecule has 4 aliphatic rings. The van der Waals surface area contributed by atoms with E-state index >= 15 is 0 Å². The lowest BCUT2D eigenvalue weighted by molar-refractivity contribution is -0.155. The van der Waals surface area contributed by atoms with Crippen LogP contribution >= 0.6 is 0 Å². The number of aliphatic hydroxyl groups excluding tert-OH is 1. The third-order valence-corrected chi connectivity index (χ3v) is 6.93. The minimum absolute atomic E-state index is 0.0458. The van der Waals surface area contributed by atoms with Crippen LogP contribution in [0.1, 0.15) is 31.2 Å². The van der Waals surface area contributed by atoms with E-state index in [4.69, 9.17) is 14.2 Å². The molecule has 4 aliphatic heterocycles. The first-order valence-corrected chi connectivity index (χ1v) is 10.3. The third-order valence-electron chi connectivity index (χ3n) is 6.93. The number of rotatable bonds is 4. The molecule has 1 N–H and O–H groups in total. The van der Waals surface area contributed by atoms with E-state index < -0.39 is 0 Å². The van der Waals surface area contributed by atoms with Crippen LogP contribution in [-0.2, 0) is 11.3 Å². The maximum absolute atomic E-state index is 12.6. The van der Waals surface area contributed by atoms with Crippen LogP contribution in [-0.4, -0.2) is 66.5 Å². The molecule has 0 saturated carbocycles. The molecule has 1 aromatic carbocycles. The Morgan fingerprint density at radius 1 is 1.21 bits per heavy atom. The zero-order valence-corrected chi connectivity index (χ0v) is 16.3. The van der Waals surface area contributed by atoms with Crippen molar-refractivity contribution < 1.29 is 24.1 Å². The molecule has 4 atom stereocenters. The van der Waals surface area contributed by atoms with E-state index in [9.17, 15) is 9.90 Å². The van der Waals surface area contributed by atoms with Crippen molar-refractivity contribution in [3.8, 4) is 17.2 Å². The van der Waals surface area contributed by atoms with Gasteiger partial charge in [0.2, 0.25) is 12.7 Å². The van der Waals surface area contributed by atoms with Gasteiger partial charge >= 0.3 is 0 Å². The molecule has 3 saturated heterocycles. The van der Waals surface area contributed by atoms with Gasteiger partial charge in [0.25, 0.3) is 0 Å². The number of aliphatic hydroxyl groups is 1. The summed E-state index contributed by atoms with van der Waals surface area (Å²) in [6.07, 6.45) is 3.76. The number of hydrogen-bond donors (Lipinski definition) is 1. The number of fused-ring (bicyclic) bond motifs is 5. The van der Waals surface area contributed by atoms with Crippen LogP contribution in [0, 0.1) is 11.8 Å². The summed E-state index contributed by atoms with van der Waals surface area (Å²) in [4.78, 5) is 17.1. The minimum atomic E-state index is -0.0458. The van der Waals surface area contributed by atoms with Crippen LogP contribution in [0.5, 0.6) is 17.2 Å². The summed E-state index contributed by atoms with van der Waals surface area (Å²) in [5, 5.41) is 10.1. The Morgan fingerprint density at radius 3 is 2.79 bits per heavy atom. The average molecular weight is 388 g/mol. The van der Waals surface area contributed by atoms with Crippen LogP contribution in [0.2, 0.25) is 0 Å². The molecule has 7 nitrogen and oxygen atoms in total. The number of carbonyl (C=O) groups excluding carboxylic acids is 1. The Morgan fingerprint density at radius 2 is 2.00 bits per heavy atom. The van der Waals surface area contributed by atoms with Crippen LogP contribution in [0.15, 0.2) is 12.1 Å². The van der Waals surface area contributed by atoms with Gasteiger partial charge in [-0.05, 0) is 37.2 Å². The van der Waals surface area contributed by atoms with Gasteiger partial charge in [0.15, 0.2) is 11.5 Å². The molecule has 0 aromatic heterocycles. The fourth-order valence-electron chi connectivity index (χ4n) is 5.76. The molecule has 152 valence electrons. The highest BCUT2D eigenvalue weighted by Gasteiger charge is 2.49. The zero-order valence-electron chi connectivity index (χ0n) is 16.3. The monoisotopic (exact) mass is 388 g/mol. The number of carbonyl (C=O) groups is 1. The van der Waals surface area contributed by atoms with E-state index in [0.29, 0.717) is 18.3 Å². The van der Waals surface area contributed by atoms with Crippen LogP contribution in [0.4, 0.5) is 0 Å². The van der Waals surface area contributed by atoms with Gasteiger partial charge in [-0.2, -0.15) is 0 Å². The van der Waals surface area contributed by atoms with Crippen LogP contribution < -0.4 is 14.2 Å². The third kappa shape index (κ3) is 2.92. The normalized spacial score (nSPS) is 31.6. The van der Waals surface area contributed by atoms with Gasteiger partial charge in [0.1, 0.15) is 5.75 Å². The summed E-state index contributed by atoms with van der Waals surface area (Å²) in [6, 6.07) is 4.15. The number of piperidine rings is 3. The Hall–Kier alpha value is -1.99. The van der Waals surface area contributed by atoms with Gasteiger partial charge in [-0.3, -0.25) is 9.69 Å². The van der Waals surface area contributed by atoms with Gasteiger partial charge < -0.3 is 24.2 Å².